The van der Waals surface area contributed by atoms with Crippen molar-refractivity contribution >= 4 is 40.4 Å². The van der Waals surface area contributed by atoms with Crippen LogP contribution >= 0.6 is 23.8 Å². The van der Waals surface area contributed by atoms with Gasteiger partial charge in [0.25, 0.3) is 0 Å². The lowest BCUT2D eigenvalue weighted by Gasteiger charge is -2.14. The van der Waals surface area contributed by atoms with Crippen molar-refractivity contribution in [2.75, 3.05) is 26.0 Å². The summed E-state index contributed by atoms with van der Waals surface area (Å²) in [6, 6.07) is 5.13. The number of carbonyl (C=O) groups excluding carboxylic acids is 1. The smallest absolute Gasteiger partial charge is 0.241 e. The number of anilines is 1. The molecule has 0 aliphatic rings. The number of halogens is 1. The molecule has 0 saturated carbocycles. The molecule has 3 N–H and O–H groups in total. The van der Waals surface area contributed by atoms with E-state index in [1.54, 1.807) is 32.3 Å². The second-order valence-electron chi connectivity index (χ2n) is 3.70. The third kappa shape index (κ3) is 3.87. The molecule has 1 aromatic carbocycles. The highest BCUT2D eigenvalue weighted by Crippen LogP contribution is 2.20. The zero-order chi connectivity index (χ0) is 13.0. The van der Waals surface area contributed by atoms with Gasteiger partial charge in [0.2, 0.25) is 5.91 Å². The number of nitrogens with two attached hydrogens (primary N) is 1. The van der Waals surface area contributed by atoms with Crippen LogP contribution in [-0.2, 0) is 4.79 Å². The minimum Gasteiger partial charge on any atom is -0.389 e. The van der Waals surface area contributed by atoms with Gasteiger partial charge in [-0.2, -0.15) is 0 Å². The molecule has 0 bridgehead atoms. The Morgan fingerprint density at radius 1 is 1.53 bits per heavy atom. The molecule has 0 radical (unpaired) electrons. The molecule has 0 aliphatic heterocycles. The first-order valence-corrected chi connectivity index (χ1v) is 5.74. The molecule has 0 aliphatic carbocycles. The van der Waals surface area contributed by atoms with E-state index in [-0.39, 0.29) is 17.4 Å². The number of benzene rings is 1. The summed E-state index contributed by atoms with van der Waals surface area (Å²) in [6.45, 7) is 0.170. The molecule has 17 heavy (non-hydrogen) atoms. The summed E-state index contributed by atoms with van der Waals surface area (Å²) < 4.78 is 0. The summed E-state index contributed by atoms with van der Waals surface area (Å²) in [5.41, 5.74) is 6.93. The van der Waals surface area contributed by atoms with E-state index < -0.39 is 0 Å². The number of rotatable bonds is 4. The monoisotopic (exact) mass is 271 g/mol. The van der Waals surface area contributed by atoms with Crippen molar-refractivity contribution in [3.05, 3.63) is 28.8 Å². The van der Waals surface area contributed by atoms with Crippen molar-refractivity contribution in [3.63, 3.8) is 0 Å². The van der Waals surface area contributed by atoms with Crippen molar-refractivity contribution in [1.29, 1.82) is 0 Å². The van der Waals surface area contributed by atoms with Crippen molar-refractivity contribution in [3.8, 4) is 0 Å². The van der Waals surface area contributed by atoms with Crippen LogP contribution in [-0.4, -0.2) is 36.4 Å². The average molecular weight is 272 g/mol. The molecule has 1 amide bonds. The summed E-state index contributed by atoms with van der Waals surface area (Å²) in [5, 5.41) is 3.53. The maximum atomic E-state index is 11.4. The van der Waals surface area contributed by atoms with Gasteiger partial charge in [0.05, 0.1) is 6.54 Å². The number of hydrogen-bond donors (Lipinski definition) is 2. The zero-order valence-corrected chi connectivity index (χ0v) is 11.2. The van der Waals surface area contributed by atoms with Gasteiger partial charge in [-0.25, -0.2) is 0 Å². The number of nitrogens with zero attached hydrogens (tertiary/aromatic N) is 1. The molecule has 0 spiro atoms. The van der Waals surface area contributed by atoms with E-state index in [9.17, 15) is 4.79 Å². The minimum atomic E-state index is -0.0427. The predicted molar refractivity (Wildman–Crippen MR) is 74.5 cm³/mol. The third-order valence-corrected chi connectivity index (χ3v) is 2.63. The molecule has 0 heterocycles. The van der Waals surface area contributed by atoms with Gasteiger partial charge in [0.1, 0.15) is 4.99 Å². The van der Waals surface area contributed by atoms with E-state index >= 15 is 0 Å². The molecule has 0 saturated heterocycles. The van der Waals surface area contributed by atoms with Gasteiger partial charge in [-0.3, -0.25) is 4.79 Å². The summed E-state index contributed by atoms with van der Waals surface area (Å²) in [6.07, 6.45) is 0. The molecule has 92 valence electrons. The molecule has 0 fully saturated rings. The maximum Gasteiger partial charge on any atom is 0.241 e. The lowest BCUT2D eigenvalue weighted by atomic mass is 10.2. The van der Waals surface area contributed by atoms with Gasteiger partial charge in [0.15, 0.2) is 0 Å². The Kier molecular flexibility index (Phi) is 4.72. The molecular formula is C11H14ClN3OS. The molecule has 0 aromatic heterocycles. The van der Waals surface area contributed by atoms with Crippen LogP contribution in [0.3, 0.4) is 0 Å². The fourth-order valence-corrected chi connectivity index (χ4v) is 1.56. The molecule has 0 atom stereocenters. The van der Waals surface area contributed by atoms with Crippen LogP contribution in [0.5, 0.6) is 0 Å². The van der Waals surface area contributed by atoms with E-state index in [4.69, 9.17) is 29.6 Å². The summed E-state index contributed by atoms with van der Waals surface area (Å²) in [4.78, 5) is 13.2. The van der Waals surface area contributed by atoms with E-state index in [1.165, 1.54) is 4.90 Å². The molecule has 1 aromatic rings. The highest BCUT2D eigenvalue weighted by atomic mass is 35.5. The third-order valence-electron chi connectivity index (χ3n) is 2.18. The predicted octanol–water partition coefficient (Wildman–Crippen LogP) is 1.47. The second kappa shape index (κ2) is 5.84. The van der Waals surface area contributed by atoms with Crippen molar-refractivity contribution < 1.29 is 4.79 Å². The van der Waals surface area contributed by atoms with Crippen LogP contribution in [0.4, 0.5) is 5.69 Å². The Labute approximate surface area is 111 Å². The Morgan fingerprint density at radius 2 is 2.18 bits per heavy atom. The SMILES string of the molecule is CN(C)C(=O)CNc1cc(Cl)ccc1C(N)=S. The van der Waals surface area contributed by atoms with Gasteiger partial charge in [-0.05, 0) is 18.2 Å². The van der Waals surface area contributed by atoms with E-state index in [2.05, 4.69) is 5.32 Å². The minimum absolute atomic E-state index is 0.0427. The lowest BCUT2D eigenvalue weighted by Crippen LogP contribution is -2.29. The Balaban J connectivity index is 2.86. The van der Waals surface area contributed by atoms with Crippen LogP contribution in [0.25, 0.3) is 0 Å². The van der Waals surface area contributed by atoms with Crippen molar-refractivity contribution in [2.45, 2.75) is 0 Å². The Bertz CT molecular complexity index is 448. The molecule has 6 heteroatoms. The van der Waals surface area contributed by atoms with Crippen molar-refractivity contribution in [1.82, 2.24) is 4.90 Å². The van der Waals surface area contributed by atoms with Gasteiger partial charge >= 0.3 is 0 Å². The first kappa shape index (κ1) is 13.7. The Hall–Kier alpha value is -1.33. The fraction of sp³-hybridized carbons (Fsp3) is 0.273. The van der Waals surface area contributed by atoms with E-state index in [0.29, 0.717) is 16.3 Å². The zero-order valence-electron chi connectivity index (χ0n) is 9.66. The van der Waals surface area contributed by atoms with Gasteiger partial charge in [-0.1, -0.05) is 23.8 Å². The topological polar surface area (TPSA) is 58.4 Å². The quantitative estimate of drug-likeness (QED) is 0.815. The summed E-state index contributed by atoms with van der Waals surface area (Å²) >= 11 is 10.8. The normalized spacial score (nSPS) is 9.82. The molecule has 4 nitrogen and oxygen atoms in total. The molecule has 0 unspecified atom stereocenters. The summed E-state index contributed by atoms with van der Waals surface area (Å²) in [5.74, 6) is -0.0427. The fourth-order valence-electron chi connectivity index (χ4n) is 1.21. The van der Waals surface area contributed by atoms with Gasteiger partial charge < -0.3 is 16.0 Å². The number of carbonyl (C=O) groups is 1. The van der Waals surface area contributed by atoms with E-state index in [0.717, 1.165) is 0 Å². The number of hydrogen-bond acceptors (Lipinski definition) is 3. The average Bonchev–Trinajstić information content (AvgIpc) is 2.25. The van der Waals surface area contributed by atoms with Gasteiger partial charge in [-0.15, -0.1) is 0 Å². The van der Waals surface area contributed by atoms with Crippen LogP contribution in [0, 0.1) is 0 Å². The highest BCUT2D eigenvalue weighted by molar-refractivity contribution is 7.80. The maximum absolute atomic E-state index is 11.4. The Morgan fingerprint density at radius 3 is 2.71 bits per heavy atom. The van der Waals surface area contributed by atoms with Crippen LogP contribution in [0.2, 0.25) is 5.02 Å². The number of nitrogens with one attached hydrogen (secondary N) is 1. The highest BCUT2D eigenvalue weighted by Gasteiger charge is 2.08. The van der Waals surface area contributed by atoms with Crippen LogP contribution in [0.1, 0.15) is 5.56 Å². The molecule has 1 rings (SSSR count). The number of thiocarbonyl (C=S) groups is 1. The molecular weight excluding hydrogens is 258 g/mol. The van der Waals surface area contributed by atoms with Gasteiger partial charge in [0, 0.05) is 30.4 Å². The summed E-state index contributed by atoms with van der Waals surface area (Å²) in [7, 11) is 3.38. The second-order valence-corrected chi connectivity index (χ2v) is 4.57. The van der Waals surface area contributed by atoms with Crippen molar-refractivity contribution in [2.24, 2.45) is 5.73 Å². The first-order valence-electron chi connectivity index (χ1n) is 4.95. The van der Waals surface area contributed by atoms with E-state index in [1.807, 2.05) is 0 Å². The van der Waals surface area contributed by atoms with Crippen LogP contribution < -0.4 is 11.1 Å². The van der Waals surface area contributed by atoms with Crippen LogP contribution in [0.15, 0.2) is 18.2 Å². The first-order chi connectivity index (χ1) is 7.91. The number of likely N-dealkylation sites (N-methyl/N-ethyl adjacent to an activating group) is 1. The lowest BCUT2D eigenvalue weighted by molar-refractivity contribution is -0.126. The largest absolute Gasteiger partial charge is 0.389 e. The number of amides is 1. The standard InChI is InChI=1S/C11H14ClN3OS/c1-15(2)10(16)6-14-9-5-7(12)3-4-8(9)11(13)17/h3-5,14H,6H2,1-2H3,(H2,13,17).